The van der Waals surface area contributed by atoms with Crippen molar-refractivity contribution in [3.63, 3.8) is 0 Å². The zero-order valence-corrected chi connectivity index (χ0v) is 12.9. The summed E-state index contributed by atoms with van der Waals surface area (Å²) in [7, 11) is 1.61. The summed E-state index contributed by atoms with van der Waals surface area (Å²) in [6.07, 6.45) is 0.764. The molecule has 1 heterocycles. The summed E-state index contributed by atoms with van der Waals surface area (Å²) >= 11 is 9.51. The Kier molecular flexibility index (Phi) is 4.61. The van der Waals surface area contributed by atoms with Crippen LogP contribution < -0.4 is 10.1 Å². The lowest BCUT2D eigenvalue weighted by atomic mass is 10.3. The van der Waals surface area contributed by atoms with Gasteiger partial charge in [-0.1, -0.05) is 18.5 Å². The van der Waals surface area contributed by atoms with Crippen LogP contribution in [0.5, 0.6) is 5.75 Å². The molecule has 0 unspecified atom stereocenters. The summed E-state index contributed by atoms with van der Waals surface area (Å²) in [6.45, 7) is 2.00. The lowest BCUT2D eigenvalue weighted by molar-refractivity contribution is 0.415. The van der Waals surface area contributed by atoms with Crippen molar-refractivity contribution in [2.24, 2.45) is 0 Å². The van der Waals surface area contributed by atoms with E-state index in [1.165, 1.54) is 0 Å². The minimum Gasteiger partial charge on any atom is -0.497 e. The number of anilines is 2. The number of benzene rings is 1. The SMILES string of the molecule is CCc1nc(Br)cc(Nc2cc(OC)ccc2Cl)n1. The molecule has 0 radical (unpaired) electrons. The quantitative estimate of drug-likeness (QED) is 0.846. The van der Waals surface area contributed by atoms with E-state index in [1.807, 2.05) is 13.0 Å². The van der Waals surface area contributed by atoms with Gasteiger partial charge in [-0.25, -0.2) is 9.97 Å². The summed E-state index contributed by atoms with van der Waals surface area (Å²) < 4.78 is 5.91. The van der Waals surface area contributed by atoms with Crippen LogP contribution in [0.1, 0.15) is 12.7 Å². The Morgan fingerprint density at radius 1 is 1.32 bits per heavy atom. The first-order chi connectivity index (χ1) is 9.12. The topological polar surface area (TPSA) is 47.0 Å². The van der Waals surface area contributed by atoms with E-state index in [-0.39, 0.29) is 0 Å². The van der Waals surface area contributed by atoms with E-state index < -0.39 is 0 Å². The van der Waals surface area contributed by atoms with Crippen molar-refractivity contribution < 1.29 is 4.74 Å². The molecule has 0 spiro atoms. The van der Waals surface area contributed by atoms with E-state index >= 15 is 0 Å². The van der Waals surface area contributed by atoms with Crippen molar-refractivity contribution in [1.29, 1.82) is 0 Å². The van der Waals surface area contributed by atoms with Gasteiger partial charge in [-0.05, 0) is 28.1 Å². The van der Waals surface area contributed by atoms with Crippen LogP contribution in [-0.2, 0) is 6.42 Å². The highest BCUT2D eigenvalue weighted by Crippen LogP contribution is 2.29. The average molecular weight is 343 g/mol. The van der Waals surface area contributed by atoms with Gasteiger partial charge >= 0.3 is 0 Å². The van der Waals surface area contributed by atoms with Gasteiger partial charge in [-0.15, -0.1) is 0 Å². The van der Waals surface area contributed by atoms with Crippen LogP contribution in [-0.4, -0.2) is 17.1 Å². The number of rotatable bonds is 4. The molecule has 4 nitrogen and oxygen atoms in total. The highest BCUT2D eigenvalue weighted by atomic mass is 79.9. The first-order valence-corrected chi connectivity index (χ1v) is 6.93. The Hall–Kier alpha value is -1.33. The predicted octanol–water partition coefficient (Wildman–Crippen LogP) is 4.21. The van der Waals surface area contributed by atoms with Gasteiger partial charge in [0.15, 0.2) is 0 Å². The molecule has 2 rings (SSSR count). The molecule has 0 amide bonds. The van der Waals surface area contributed by atoms with E-state index in [0.29, 0.717) is 10.8 Å². The van der Waals surface area contributed by atoms with Gasteiger partial charge in [0.1, 0.15) is 22.0 Å². The van der Waals surface area contributed by atoms with Crippen LogP contribution in [0.15, 0.2) is 28.9 Å². The number of ether oxygens (including phenoxy) is 1. The Morgan fingerprint density at radius 2 is 2.11 bits per heavy atom. The van der Waals surface area contributed by atoms with E-state index in [9.17, 15) is 0 Å². The summed E-state index contributed by atoms with van der Waals surface area (Å²) in [5, 5.41) is 3.77. The van der Waals surface area contributed by atoms with Gasteiger partial charge < -0.3 is 10.1 Å². The minimum atomic E-state index is 0.605. The second-order valence-electron chi connectivity index (χ2n) is 3.82. The Bertz CT molecular complexity index is 592. The maximum absolute atomic E-state index is 6.14. The maximum Gasteiger partial charge on any atom is 0.135 e. The number of nitrogens with zero attached hydrogens (tertiary/aromatic N) is 2. The zero-order chi connectivity index (χ0) is 13.8. The fraction of sp³-hybridized carbons (Fsp3) is 0.231. The molecular formula is C13H13BrClN3O. The minimum absolute atomic E-state index is 0.605. The molecule has 1 aromatic heterocycles. The third kappa shape index (κ3) is 3.58. The van der Waals surface area contributed by atoms with Gasteiger partial charge in [-0.3, -0.25) is 0 Å². The van der Waals surface area contributed by atoms with Crippen molar-refractivity contribution in [3.05, 3.63) is 39.7 Å². The average Bonchev–Trinajstić information content (AvgIpc) is 2.40. The van der Waals surface area contributed by atoms with Crippen molar-refractivity contribution in [2.75, 3.05) is 12.4 Å². The van der Waals surface area contributed by atoms with Gasteiger partial charge in [0.2, 0.25) is 0 Å². The van der Waals surface area contributed by atoms with E-state index in [4.69, 9.17) is 16.3 Å². The van der Waals surface area contributed by atoms with Gasteiger partial charge in [0, 0.05) is 18.6 Å². The predicted molar refractivity (Wildman–Crippen MR) is 80.4 cm³/mol. The molecule has 1 aromatic carbocycles. The van der Waals surface area contributed by atoms with Crippen LogP contribution >= 0.6 is 27.5 Å². The fourth-order valence-corrected chi connectivity index (χ4v) is 2.14. The Morgan fingerprint density at radius 3 is 2.79 bits per heavy atom. The molecule has 1 N–H and O–H groups in total. The van der Waals surface area contributed by atoms with Crippen LogP contribution in [0, 0.1) is 0 Å². The van der Waals surface area contributed by atoms with Crippen molar-refractivity contribution >= 4 is 39.0 Å². The normalized spacial score (nSPS) is 10.3. The number of aryl methyl sites for hydroxylation is 1. The molecule has 100 valence electrons. The van der Waals surface area contributed by atoms with E-state index in [1.54, 1.807) is 25.3 Å². The number of aromatic nitrogens is 2. The molecule has 0 saturated carbocycles. The molecule has 0 atom stereocenters. The zero-order valence-electron chi connectivity index (χ0n) is 10.6. The molecule has 19 heavy (non-hydrogen) atoms. The van der Waals surface area contributed by atoms with Gasteiger partial charge in [0.25, 0.3) is 0 Å². The smallest absolute Gasteiger partial charge is 0.135 e. The summed E-state index contributed by atoms with van der Waals surface area (Å²) in [5.74, 6) is 2.18. The van der Waals surface area contributed by atoms with Crippen molar-refractivity contribution in [3.8, 4) is 5.75 Å². The van der Waals surface area contributed by atoms with Crippen LogP contribution in [0.4, 0.5) is 11.5 Å². The molecular weight excluding hydrogens is 330 g/mol. The molecule has 0 aliphatic heterocycles. The third-order valence-electron chi connectivity index (χ3n) is 2.49. The van der Waals surface area contributed by atoms with Gasteiger partial charge in [0.05, 0.1) is 17.8 Å². The van der Waals surface area contributed by atoms with Crippen molar-refractivity contribution in [1.82, 2.24) is 9.97 Å². The maximum atomic E-state index is 6.14. The van der Waals surface area contributed by atoms with E-state index in [0.717, 1.165) is 28.3 Å². The summed E-state index contributed by atoms with van der Waals surface area (Å²) in [5.41, 5.74) is 0.744. The molecule has 6 heteroatoms. The van der Waals surface area contributed by atoms with Crippen LogP contribution in [0.2, 0.25) is 5.02 Å². The standard InChI is InChI=1S/C13H13BrClN3O/c1-3-12-17-11(14)7-13(18-12)16-10-6-8(19-2)4-5-9(10)15/h4-7H,3H2,1-2H3,(H,16,17,18). The van der Waals surface area contributed by atoms with Gasteiger partial charge in [-0.2, -0.15) is 0 Å². The lowest BCUT2D eigenvalue weighted by Crippen LogP contribution is -2.00. The largest absolute Gasteiger partial charge is 0.497 e. The fourth-order valence-electron chi connectivity index (χ4n) is 1.55. The van der Waals surface area contributed by atoms with Crippen molar-refractivity contribution in [2.45, 2.75) is 13.3 Å². The molecule has 2 aromatic rings. The highest BCUT2D eigenvalue weighted by molar-refractivity contribution is 9.10. The molecule has 0 aliphatic rings. The van der Waals surface area contributed by atoms with Crippen LogP contribution in [0.3, 0.4) is 0 Å². The summed E-state index contributed by atoms with van der Waals surface area (Å²) in [4.78, 5) is 8.65. The second kappa shape index (κ2) is 6.21. The highest BCUT2D eigenvalue weighted by Gasteiger charge is 2.06. The Balaban J connectivity index is 2.32. The second-order valence-corrected chi connectivity index (χ2v) is 5.04. The summed E-state index contributed by atoms with van der Waals surface area (Å²) in [6, 6.07) is 7.21. The number of hydrogen-bond acceptors (Lipinski definition) is 4. The first kappa shape index (κ1) is 14.1. The first-order valence-electron chi connectivity index (χ1n) is 5.76. The van der Waals surface area contributed by atoms with Crippen LogP contribution in [0.25, 0.3) is 0 Å². The molecule has 0 saturated heterocycles. The Labute approximate surface area is 125 Å². The number of halogens is 2. The molecule has 0 fully saturated rings. The third-order valence-corrected chi connectivity index (χ3v) is 3.23. The monoisotopic (exact) mass is 341 g/mol. The number of hydrogen-bond donors (Lipinski definition) is 1. The lowest BCUT2D eigenvalue weighted by Gasteiger charge is -2.10. The number of methoxy groups -OCH3 is 1. The molecule has 0 aliphatic carbocycles. The van der Waals surface area contributed by atoms with E-state index in [2.05, 4.69) is 31.2 Å². The number of nitrogens with one attached hydrogen (secondary N) is 1. The molecule has 0 bridgehead atoms.